The van der Waals surface area contributed by atoms with Gasteiger partial charge >= 0.3 is 0 Å². The van der Waals surface area contributed by atoms with Crippen LogP contribution in [0, 0.1) is 0 Å². The molecule has 0 aliphatic heterocycles. The number of hydrogen-bond donors (Lipinski definition) is 0. The van der Waals surface area contributed by atoms with E-state index in [0.717, 1.165) is 18.8 Å². The lowest BCUT2D eigenvalue weighted by Crippen LogP contribution is -2.23. The summed E-state index contributed by atoms with van der Waals surface area (Å²) >= 11 is 0. The van der Waals surface area contributed by atoms with Crippen LogP contribution in [0.1, 0.15) is 44.6 Å². The highest BCUT2D eigenvalue weighted by atomic mass is 16.5. The summed E-state index contributed by atoms with van der Waals surface area (Å²) in [5.41, 5.74) is 5.13. The Morgan fingerprint density at radius 3 is 2.00 bits per heavy atom. The van der Waals surface area contributed by atoms with E-state index < -0.39 is 0 Å². The molecule has 0 aliphatic carbocycles. The minimum Gasteiger partial charge on any atom is -0.497 e. The number of benzene rings is 3. The van der Waals surface area contributed by atoms with Gasteiger partial charge in [0.15, 0.2) is 0 Å². The maximum absolute atomic E-state index is 5.33. The predicted molar refractivity (Wildman–Crippen MR) is 125 cm³/mol. The van der Waals surface area contributed by atoms with Crippen LogP contribution in [0.3, 0.4) is 0 Å². The van der Waals surface area contributed by atoms with Crippen LogP contribution < -0.4 is 9.64 Å². The third-order valence-corrected chi connectivity index (χ3v) is 5.40. The van der Waals surface area contributed by atoms with Crippen molar-refractivity contribution >= 4 is 5.69 Å². The number of anilines is 1. The summed E-state index contributed by atoms with van der Waals surface area (Å²) in [6.07, 6.45) is 6.49. The Hall–Kier alpha value is -2.74. The summed E-state index contributed by atoms with van der Waals surface area (Å²) in [6, 6.07) is 28.0. The number of methoxy groups -OCH3 is 1. The standard InChI is InChI=1S/C27H33NO/c1-3-4-5-6-10-21-28(26-17-19-27(29-2)20-18-26)22-23-13-15-25(16-14-23)24-11-8-7-9-12-24/h7-9,11-20H,3-6,10,21-22H2,1-2H3. The van der Waals surface area contributed by atoms with E-state index in [-0.39, 0.29) is 0 Å². The van der Waals surface area contributed by atoms with E-state index in [4.69, 9.17) is 4.74 Å². The van der Waals surface area contributed by atoms with Crippen molar-refractivity contribution in [3.63, 3.8) is 0 Å². The molecule has 0 amide bonds. The van der Waals surface area contributed by atoms with Crippen LogP contribution in [0.4, 0.5) is 5.69 Å². The largest absolute Gasteiger partial charge is 0.497 e. The first-order valence-corrected chi connectivity index (χ1v) is 10.8. The van der Waals surface area contributed by atoms with Gasteiger partial charge in [0.2, 0.25) is 0 Å². The zero-order chi connectivity index (χ0) is 20.3. The fourth-order valence-electron chi connectivity index (χ4n) is 3.65. The fraction of sp³-hybridized carbons (Fsp3) is 0.333. The minimum absolute atomic E-state index is 0.906. The Kier molecular flexibility index (Phi) is 8.18. The summed E-state index contributed by atoms with van der Waals surface area (Å²) < 4.78 is 5.33. The molecule has 0 bridgehead atoms. The average Bonchev–Trinajstić information content (AvgIpc) is 2.79. The van der Waals surface area contributed by atoms with Crippen LogP contribution in [-0.2, 0) is 6.54 Å². The number of rotatable bonds is 11. The van der Waals surface area contributed by atoms with Gasteiger partial charge < -0.3 is 9.64 Å². The lowest BCUT2D eigenvalue weighted by molar-refractivity contribution is 0.415. The van der Waals surface area contributed by atoms with Crippen LogP contribution in [0.25, 0.3) is 11.1 Å². The molecule has 3 rings (SSSR count). The summed E-state index contributed by atoms with van der Waals surface area (Å²) in [7, 11) is 1.72. The van der Waals surface area contributed by atoms with Crippen molar-refractivity contribution in [1.82, 2.24) is 0 Å². The van der Waals surface area contributed by atoms with Crippen LogP contribution in [0.5, 0.6) is 5.75 Å². The molecular weight excluding hydrogens is 354 g/mol. The van der Waals surface area contributed by atoms with Crippen molar-refractivity contribution in [1.29, 1.82) is 0 Å². The van der Waals surface area contributed by atoms with Crippen molar-refractivity contribution in [2.24, 2.45) is 0 Å². The quantitative estimate of drug-likeness (QED) is 0.319. The average molecular weight is 388 g/mol. The van der Waals surface area contributed by atoms with Gasteiger partial charge in [-0.05, 0) is 47.4 Å². The zero-order valence-corrected chi connectivity index (χ0v) is 17.8. The first-order valence-electron chi connectivity index (χ1n) is 10.8. The predicted octanol–water partition coefficient (Wildman–Crippen LogP) is 7.34. The molecule has 3 aromatic carbocycles. The van der Waals surface area contributed by atoms with Gasteiger partial charge in [0.25, 0.3) is 0 Å². The van der Waals surface area contributed by atoms with E-state index >= 15 is 0 Å². The van der Waals surface area contributed by atoms with E-state index in [0.29, 0.717) is 0 Å². The molecule has 0 atom stereocenters. The molecule has 2 heteroatoms. The molecule has 0 N–H and O–H groups in total. The second kappa shape index (κ2) is 11.3. The minimum atomic E-state index is 0.906. The molecule has 0 saturated heterocycles. The van der Waals surface area contributed by atoms with Gasteiger partial charge in [0.1, 0.15) is 5.75 Å². The molecule has 3 aromatic rings. The lowest BCUT2D eigenvalue weighted by atomic mass is 10.0. The second-order valence-electron chi connectivity index (χ2n) is 7.60. The Balaban J connectivity index is 1.69. The normalized spacial score (nSPS) is 10.7. The lowest BCUT2D eigenvalue weighted by Gasteiger charge is -2.25. The Labute approximate surface area is 176 Å². The van der Waals surface area contributed by atoms with Crippen LogP contribution in [-0.4, -0.2) is 13.7 Å². The van der Waals surface area contributed by atoms with E-state index in [1.54, 1.807) is 7.11 Å². The maximum Gasteiger partial charge on any atom is 0.119 e. The molecule has 152 valence electrons. The van der Waals surface area contributed by atoms with Crippen LogP contribution in [0.2, 0.25) is 0 Å². The Bertz CT molecular complexity index is 825. The summed E-state index contributed by atoms with van der Waals surface area (Å²) in [5, 5.41) is 0. The van der Waals surface area contributed by atoms with Crippen molar-refractivity contribution in [2.75, 3.05) is 18.6 Å². The third kappa shape index (κ3) is 6.39. The van der Waals surface area contributed by atoms with E-state index in [2.05, 4.69) is 90.7 Å². The monoisotopic (exact) mass is 387 g/mol. The molecule has 0 spiro atoms. The van der Waals surface area contributed by atoms with Crippen molar-refractivity contribution in [3.8, 4) is 16.9 Å². The topological polar surface area (TPSA) is 12.5 Å². The highest BCUT2D eigenvalue weighted by Crippen LogP contribution is 2.24. The first kappa shape index (κ1) is 21.0. The second-order valence-corrected chi connectivity index (χ2v) is 7.60. The summed E-state index contributed by atoms with van der Waals surface area (Å²) in [4.78, 5) is 2.49. The van der Waals surface area contributed by atoms with Gasteiger partial charge in [0, 0.05) is 18.8 Å². The molecule has 0 unspecified atom stereocenters. The molecule has 29 heavy (non-hydrogen) atoms. The van der Waals surface area contributed by atoms with Gasteiger partial charge in [0.05, 0.1) is 7.11 Å². The van der Waals surface area contributed by atoms with Crippen LogP contribution >= 0.6 is 0 Å². The number of nitrogens with zero attached hydrogens (tertiary/aromatic N) is 1. The summed E-state index contributed by atoms with van der Waals surface area (Å²) in [6.45, 7) is 4.27. The van der Waals surface area contributed by atoms with Crippen molar-refractivity contribution < 1.29 is 4.74 Å². The highest BCUT2D eigenvalue weighted by Gasteiger charge is 2.08. The highest BCUT2D eigenvalue weighted by molar-refractivity contribution is 5.63. The smallest absolute Gasteiger partial charge is 0.119 e. The number of ether oxygens (including phenoxy) is 1. The SMILES string of the molecule is CCCCCCCN(Cc1ccc(-c2ccccc2)cc1)c1ccc(OC)cc1. The van der Waals surface area contributed by atoms with Gasteiger partial charge in [-0.1, -0.05) is 87.2 Å². The van der Waals surface area contributed by atoms with Crippen molar-refractivity contribution in [2.45, 2.75) is 45.6 Å². The van der Waals surface area contributed by atoms with Crippen molar-refractivity contribution in [3.05, 3.63) is 84.4 Å². The zero-order valence-electron chi connectivity index (χ0n) is 17.8. The van der Waals surface area contributed by atoms with Gasteiger partial charge in [-0.3, -0.25) is 0 Å². The Morgan fingerprint density at radius 2 is 1.34 bits per heavy atom. The fourth-order valence-corrected chi connectivity index (χ4v) is 3.65. The first-order chi connectivity index (χ1) is 14.3. The molecule has 0 saturated carbocycles. The Morgan fingerprint density at radius 1 is 0.690 bits per heavy atom. The summed E-state index contributed by atoms with van der Waals surface area (Å²) in [5.74, 6) is 0.906. The van der Waals surface area contributed by atoms with Gasteiger partial charge in [-0.25, -0.2) is 0 Å². The van der Waals surface area contributed by atoms with E-state index in [1.807, 2.05) is 0 Å². The molecule has 0 heterocycles. The van der Waals surface area contributed by atoms with Gasteiger partial charge in [-0.2, -0.15) is 0 Å². The van der Waals surface area contributed by atoms with Gasteiger partial charge in [-0.15, -0.1) is 0 Å². The maximum atomic E-state index is 5.33. The molecule has 2 nitrogen and oxygen atoms in total. The van der Waals surface area contributed by atoms with E-state index in [9.17, 15) is 0 Å². The molecule has 0 radical (unpaired) electrons. The molecular formula is C27H33NO. The molecule has 0 fully saturated rings. The van der Waals surface area contributed by atoms with Crippen LogP contribution in [0.15, 0.2) is 78.9 Å². The third-order valence-electron chi connectivity index (χ3n) is 5.40. The number of hydrogen-bond acceptors (Lipinski definition) is 2. The molecule has 0 aromatic heterocycles. The number of unbranched alkanes of at least 4 members (excludes halogenated alkanes) is 4. The van der Waals surface area contributed by atoms with E-state index in [1.165, 1.54) is 54.5 Å². The molecule has 0 aliphatic rings.